The van der Waals surface area contributed by atoms with Crippen molar-refractivity contribution in [2.45, 2.75) is 26.2 Å². The number of nitrogens with one attached hydrogen (secondary N) is 2. The lowest BCUT2D eigenvalue weighted by Gasteiger charge is -2.13. The maximum atomic E-state index is 5.36. The second kappa shape index (κ2) is 13.3. The van der Waals surface area contributed by atoms with Crippen LogP contribution in [-0.2, 0) is 12.8 Å². The van der Waals surface area contributed by atoms with Crippen LogP contribution in [-0.4, -0.2) is 39.8 Å². The molecule has 0 saturated carbocycles. The first kappa shape index (κ1) is 23.1. The van der Waals surface area contributed by atoms with Crippen LogP contribution in [0.2, 0.25) is 0 Å². The average molecular weight is 487 g/mol. The van der Waals surface area contributed by atoms with Crippen molar-refractivity contribution < 1.29 is 13.9 Å². The highest BCUT2D eigenvalue weighted by atomic mass is 127. The lowest BCUT2D eigenvalue weighted by molar-refractivity contribution is 0.354. The van der Waals surface area contributed by atoms with Crippen LogP contribution >= 0.6 is 24.0 Å². The Labute approximate surface area is 178 Å². The van der Waals surface area contributed by atoms with Crippen molar-refractivity contribution in [1.82, 2.24) is 10.6 Å². The first-order valence-corrected chi connectivity index (χ1v) is 9.02. The van der Waals surface area contributed by atoms with E-state index in [0.717, 1.165) is 62.1 Å². The zero-order chi connectivity index (χ0) is 18.6. The monoisotopic (exact) mass is 487 g/mol. The lowest BCUT2D eigenvalue weighted by Crippen LogP contribution is -2.39. The number of nitrogens with zero attached hydrogens (tertiary/aromatic N) is 1. The molecule has 6 nitrogen and oxygen atoms in total. The van der Waals surface area contributed by atoms with Gasteiger partial charge in [0, 0.05) is 26.1 Å². The third kappa shape index (κ3) is 8.11. The lowest BCUT2D eigenvalue weighted by atomic mass is 10.1. The van der Waals surface area contributed by atoms with E-state index in [4.69, 9.17) is 13.9 Å². The highest BCUT2D eigenvalue weighted by Crippen LogP contribution is 2.27. The Bertz CT molecular complexity index is 675. The van der Waals surface area contributed by atoms with Crippen molar-refractivity contribution in [3.8, 4) is 11.5 Å². The fourth-order valence-electron chi connectivity index (χ4n) is 2.52. The van der Waals surface area contributed by atoms with Crippen LogP contribution in [0.1, 0.15) is 24.7 Å². The molecular weight excluding hydrogens is 457 g/mol. The maximum absolute atomic E-state index is 5.36. The third-order valence-corrected chi connectivity index (χ3v) is 3.89. The van der Waals surface area contributed by atoms with Crippen molar-refractivity contribution in [3.63, 3.8) is 0 Å². The molecule has 0 fully saturated rings. The minimum absolute atomic E-state index is 0. The summed E-state index contributed by atoms with van der Waals surface area (Å²) in [6, 6.07) is 9.88. The Morgan fingerprint density at radius 3 is 2.41 bits per heavy atom. The van der Waals surface area contributed by atoms with E-state index in [1.807, 2.05) is 24.3 Å². The summed E-state index contributed by atoms with van der Waals surface area (Å²) in [5.41, 5.74) is 1.18. The summed E-state index contributed by atoms with van der Waals surface area (Å²) in [7, 11) is 3.29. The second-order valence-corrected chi connectivity index (χ2v) is 5.85. The van der Waals surface area contributed by atoms with E-state index in [1.165, 1.54) is 5.56 Å². The van der Waals surface area contributed by atoms with E-state index >= 15 is 0 Å². The molecule has 0 spiro atoms. The molecule has 7 heteroatoms. The zero-order valence-corrected chi connectivity index (χ0v) is 18.6. The Morgan fingerprint density at radius 2 is 1.78 bits per heavy atom. The fourth-order valence-corrected chi connectivity index (χ4v) is 2.52. The highest BCUT2D eigenvalue weighted by molar-refractivity contribution is 14.0. The first-order valence-electron chi connectivity index (χ1n) is 9.02. The number of hydrogen-bond acceptors (Lipinski definition) is 4. The van der Waals surface area contributed by atoms with Crippen molar-refractivity contribution >= 4 is 29.9 Å². The van der Waals surface area contributed by atoms with Gasteiger partial charge in [0.25, 0.3) is 0 Å². The predicted molar refractivity (Wildman–Crippen MR) is 120 cm³/mol. The molecular formula is C20H30IN3O3. The van der Waals surface area contributed by atoms with Gasteiger partial charge in [0.2, 0.25) is 0 Å². The van der Waals surface area contributed by atoms with E-state index in [-0.39, 0.29) is 24.0 Å². The average Bonchev–Trinajstić information content (AvgIpc) is 3.19. The highest BCUT2D eigenvalue weighted by Gasteiger charge is 2.05. The van der Waals surface area contributed by atoms with Gasteiger partial charge in [-0.3, -0.25) is 4.99 Å². The van der Waals surface area contributed by atoms with Gasteiger partial charge in [-0.1, -0.05) is 13.0 Å². The van der Waals surface area contributed by atoms with Gasteiger partial charge in [0.1, 0.15) is 5.76 Å². The summed E-state index contributed by atoms with van der Waals surface area (Å²) in [5, 5.41) is 6.74. The standard InChI is InChI=1S/C20H29N3O3.HI/c1-4-11-21-20(23-13-10-17-6-5-14-26-17)22-12-9-16-7-8-18(24-2)19(15-16)25-3;/h5-8,14-15H,4,9-13H2,1-3H3,(H2,21,22,23);1H. The summed E-state index contributed by atoms with van der Waals surface area (Å²) >= 11 is 0. The Morgan fingerprint density at radius 1 is 1.04 bits per heavy atom. The van der Waals surface area contributed by atoms with Crippen molar-refractivity contribution in [3.05, 3.63) is 47.9 Å². The van der Waals surface area contributed by atoms with Crippen molar-refractivity contribution in [2.24, 2.45) is 4.99 Å². The maximum Gasteiger partial charge on any atom is 0.191 e. The molecule has 1 heterocycles. The zero-order valence-electron chi connectivity index (χ0n) is 16.3. The fraction of sp³-hybridized carbons (Fsp3) is 0.450. The first-order chi connectivity index (χ1) is 12.8. The molecule has 2 N–H and O–H groups in total. The quantitative estimate of drug-likeness (QED) is 0.304. The van der Waals surface area contributed by atoms with E-state index in [2.05, 4.69) is 28.6 Å². The van der Waals surface area contributed by atoms with Crippen molar-refractivity contribution in [1.29, 1.82) is 0 Å². The molecule has 0 aliphatic rings. The predicted octanol–water partition coefficient (Wildman–Crippen LogP) is 3.65. The molecule has 1 aromatic carbocycles. The molecule has 27 heavy (non-hydrogen) atoms. The van der Waals surface area contributed by atoms with Gasteiger partial charge in [-0.2, -0.15) is 0 Å². The number of ether oxygens (including phenoxy) is 2. The number of furan rings is 1. The molecule has 2 rings (SSSR count). The number of guanidine groups is 1. The molecule has 0 bridgehead atoms. The van der Waals surface area contributed by atoms with E-state index < -0.39 is 0 Å². The van der Waals surface area contributed by atoms with Gasteiger partial charge in [-0.25, -0.2) is 0 Å². The van der Waals surface area contributed by atoms with E-state index in [9.17, 15) is 0 Å². The molecule has 150 valence electrons. The third-order valence-electron chi connectivity index (χ3n) is 3.89. The molecule has 2 aromatic rings. The second-order valence-electron chi connectivity index (χ2n) is 5.85. The normalized spacial score (nSPS) is 10.9. The summed E-state index contributed by atoms with van der Waals surface area (Å²) in [6.07, 6.45) is 4.41. The number of aliphatic imine (C=N–C) groups is 1. The smallest absolute Gasteiger partial charge is 0.191 e. The van der Waals surface area contributed by atoms with Crippen molar-refractivity contribution in [2.75, 3.05) is 33.9 Å². The summed E-state index contributed by atoms with van der Waals surface area (Å²) < 4.78 is 16.0. The molecule has 0 aliphatic heterocycles. The van der Waals surface area contributed by atoms with Gasteiger partial charge in [-0.15, -0.1) is 24.0 Å². The summed E-state index contributed by atoms with van der Waals surface area (Å²) in [6.45, 7) is 4.48. The minimum Gasteiger partial charge on any atom is -0.493 e. The van der Waals surface area contributed by atoms with Crippen LogP contribution in [0, 0.1) is 0 Å². The van der Waals surface area contributed by atoms with Crippen LogP contribution in [0.5, 0.6) is 11.5 Å². The van der Waals surface area contributed by atoms with Gasteiger partial charge >= 0.3 is 0 Å². The number of methoxy groups -OCH3 is 2. The van der Waals surface area contributed by atoms with Crippen LogP contribution in [0.25, 0.3) is 0 Å². The molecule has 0 amide bonds. The molecule has 0 atom stereocenters. The Balaban J connectivity index is 0.00000364. The van der Waals surface area contributed by atoms with Crippen LogP contribution in [0.15, 0.2) is 46.0 Å². The number of rotatable bonds is 10. The van der Waals surface area contributed by atoms with Crippen LogP contribution < -0.4 is 20.1 Å². The van der Waals surface area contributed by atoms with Crippen LogP contribution in [0.3, 0.4) is 0 Å². The van der Waals surface area contributed by atoms with Gasteiger partial charge < -0.3 is 24.5 Å². The number of halogens is 1. The largest absolute Gasteiger partial charge is 0.493 e. The van der Waals surface area contributed by atoms with Gasteiger partial charge in [0.15, 0.2) is 17.5 Å². The SMILES string of the molecule is CCCN=C(NCCc1ccc(OC)c(OC)c1)NCCc1ccco1.I. The topological polar surface area (TPSA) is 68.0 Å². The number of hydrogen-bond donors (Lipinski definition) is 2. The molecule has 0 aliphatic carbocycles. The summed E-state index contributed by atoms with van der Waals surface area (Å²) in [5.74, 6) is 3.30. The minimum atomic E-state index is 0. The molecule has 0 unspecified atom stereocenters. The van der Waals surface area contributed by atoms with Gasteiger partial charge in [0.05, 0.1) is 20.5 Å². The Hall–Kier alpha value is -1.90. The van der Waals surface area contributed by atoms with E-state index in [1.54, 1.807) is 20.5 Å². The Kier molecular flexibility index (Phi) is 11.4. The van der Waals surface area contributed by atoms with E-state index in [0.29, 0.717) is 0 Å². The van der Waals surface area contributed by atoms with Gasteiger partial charge in [-0.05, 0) is 42.7 Å². The molecule has 1 aromatic heterocycles. The summed E-state index contributed by atoms with van der Waals surface area (Å²) in [4.78, 5) is 4.57. The number of benzene rings is 1. The molecule has 0 saturated heterocycles. The van der Waals surface area contributed by atoms with Crippen LogP contribution in [0.4, 0.5) is 0 Å². The molecule has 0 radical (unpaired) electrons.